The van der Waals surface area contributed by atoms with Crippen LogP contribution >= 0.6 is 0 Å². The van der Waals surface area contributed by atoms with Crippen molar-refractivity contribution in [3.8, 4) is 0 Å². The molecule has 0 spiro atoms. The fourth-order valence-electron chi connectivity index (χ4n) is 2.38. The van der Waals surface area contributed by atoms with Crippen molar-refractivity contribution in [3.05, 3.63) is 52.6 Å². The molecule has 0 fully saturated rings. The van der Waals surface area contributed by atoms with Crippen molar-refractivity contribution in [1.29, 1.82) is 0 Å². The van der Waals surface area contributed by atoms with E-state index in [1.54, 1.807) is 32.9 Å². The minimum atomic E-state index is -4.00. The lowest BCUT2D eigenvalue weighted by molar-refractivity contribution is -0.111. The summed E-state index contributed by atoms with van der Waals surface area (Å²) >= 11 is 0. The highest BCUT2D eigenvalue weighted by molar-refractivity contribution is 7.86. The van der Waals surface area contributed by atoms with Crippen LogP contribution in [0.4, 0.5) is 0 Å². The molecule has 0 unspecified atom stereocenters. The average molecular weight is 319 g/mol. The molecule has 1 aromatic carbocycles. The van der Waals surface area contributed by atoms with Crippen LogP contribution in [-0.4, -0.2) is 19.9 Å². The summed E-state index contributed by atoms with van der Waals surface area (Å²) < 4.78 is 29.5. The summed E-state index contributed by atoms with van der Waals surface area (Å²) in [5.41, 5.74) is 2.96. The lowest BCUT2D eigenvalue weighted by atomic mass is 10.1. The van der Waals surface area contributed by atoms with Crippen LogP contribution in [-0.2, 0) is 19.2 Å². The Morgan fingerprint density at radius 3 is 2.14 bits per heavy atom. The molecular weight excluding hydrogens is 302 g/mol. The Morgan fingerprint density at radius 1 is 1.00 bits per heavy atom. The fraction of sp³-hybridized carbons (Fsp3) is 0.250. The molecule has 0 aliphatic heterocycles. The molecule has 0 radical (unpaired) electrons. The summed E-state index contributed by atoms with van der Waals surface area (Å²) in [7, 11) is -4.00. The van der Waals surface area contributed by atoms with E-state index in [4.69, 9.17) is 4.28 Å². The summed E-state index contributed by atoms with van der Waals surface area (Å²) in [6.45, 7) is 6.96. The van der Waals surface area contributed by atoms with E-state index >= 15 is 0 Å². The first-order chi connectivity index (χ1) is 10.2. The van der Waals surface area contributed by atoms with Crippen LogP contribution < -0.4 is 0 Å². The third-order valence-corrected chi connectivity index (χ3v) is 4.67. The summed E-state index contributed by atoms with van der Waals surface area (Å²) in [6.07, 6.45) is 4.22. The summed E-state index contributed by atoms with van der Waals surface area (Å²) in [5.74, 6) is -0.132. The third kappa shape index (κ3) is 3.33. The zero-order chi connectivity index (χ0) is 16.5. The van der Waals surface area contributed by atoms with Gasteiger partial charge in [-0.25, -0.2) is 0 Å². The molecule has 1 aliphatic rings. The van der Waals surface area contributed by atoms with Gasteiger partial charge in [-0.05, 0) is 62.6 Å². The molecule has 0 N–H and O–H groups in total. The highest BCUT2D eigenvalue weighted by Crippen LogP contribution is 2.24. The summed E-state index contributed by atoms with van der Waals surface area (Å²) in [4.78, 5) is 11.4. The number of nitrogens with zero attached hydrogens (tertiary/aromatic N) is 1. The number of carbonyl (C=O) groups excluding carboxylic acids is 1. The van der Waals surface area contributed by atoms with Gasteiger partial charge in [-0.1, -0.05) is 22.9 Å². The molecule has 2 rings (SSSR count). The predicted octanol–water partition coefficient (Wildman–Crippen LogP) is 2.76. The zero-order valence-electron chi connectivity index (χ0n) is 12.9. The van der Waals surface area contributed by atoms with Gasteiger partial charge in [0.1, 0.15) is 10.6 Å². The molecule has 0 saturated heterocycles. The molecule has 5 nitrogen and oxygen atoms in total. The normalized spacial score (nSPS) is 16.8. The Hall–Kier alpha value is -2.21. The quantitative estimate of drug-likeness (QED) is 0.634. The Morgan fingerprint density at radius 2 is 1.59 bits per heavy atom. The number of ketones is 1. The molecule has 22 heavy (non-hydrogen) atoms. The maximum absolute atomic E-state index is 12.3. The molecule has 1 aromatic rings. The Labute approximate surface area is 130 Å². The van der Waals surface area contributed by atoms with Gasteiger partial charge in [-0.3, -0.25) is 9.08 Å². The Bertz CT molecular complexity index is 807. The van der Waals surface area contributed by atoms with Gasteiger partial charge < -0.3 is 0 Å². The second kappa shape index (κ2) is 5.88. The van der Waals surface area contributed by atoms with Crippen LogP contribution in [0.25, 0.3) is 0 Å². The first-order valence-electron chi connectivity index (χ1n) is 6.71. The van der Waals surface area contributed by atoms with Crippen LogP contribution in [0.5, 0.6) is 0 Å². The standard InChI is InChI=1S/C16H17NO4S/c1-10-7-12(3)16(13(4)8-10)22(19,20)21-17-14-5-6-15(18)11(2)9-14/h5-9H,1-4H3. The van der Waals surface area contributed by atoms with E-state index in [-0.39, 0.29) is 16.4 Å². The highest BCUT2D eigenvalue weighted by Gasteiger charge is 2.22. The molecule has 0 amide bonds. The van der Waals surface area contributed by atoms with Crippen molar-refractivity contribution in [2.45, 2.75) is 32.6 Å². The van der Waals surface area contributed by atoms with Gasteiger partial charge in [0.15, 0.2) is 5.78 Å². The van der Waals surface area contributed by atoms with Crippen molar-refractivity contribution < 1.29 is 17.5 Å². The second-order valence-corrected chi connectivity index (χ2v) is 6.76. The van der Waals surface area contributed by atoms with Crippen molar-refractivity contribution in [2.24, 2.45) is 5.16 Å². The first-order valence-corrected chi connectivity index (χ1v) is 8.12. The van der Waals surface area contributed by atoms with Crippen LogP contribution in [0.1, 0.15) is 23.6 Å². The average Bonchev–Trinajstić information content (AvgIpc) is 2.38. The molecule has 0 bridgehead atoms. The highest BCUT2D eigenvalue weighted by atomic mass is 32.2. The molecule has 0 aromatic heterocycles. The number of hydrogen-bond acceptors (Lipinski definition) is 5. The molecule has 0 atom stereocenters. The third-order valence-electron chi connectivity index (χ3n) is 3.25. The van der Waals surface area contributed by atoms with Crippen molar-refractivity contribution in [2.75, 3.05) is 0 Å². The molecule has 6 heteroatoms. The Kier molecular flexibility index (Phi) is 4.32. The minimum Gasteiger partial charge on any atom is -0.290 e. The number of benzene rings is 1. The SMILES string of the molecule is CC1=CC(=NOS(=O)(=O)c2c(C)cc(C)cc2C)C=CC1=O. The number of oxime groups is 1. The number of rotatable bonds is 3. The molecule has 116 valence electrons. The molecule has 0 saturated carbocycles. The van der Waals surface area contributed by atoms with Gasteiger partial charge in [0.25, 0.3) is 0 Å². The van der Waals surface area contributed by atoms with Crippen LogP contribution in [0.3, 0.4) is 0 Å². The molecular formula is C16H17NO4S. The second-order valence-electron chi connectivity index (χ2n) is 5.30. The van der Waals surface area contributed by atoms with Crippen molar-refractivity contribution >= 4 is 21.6 Å². The lowest BCUT2D eigenvalue weighted by Gasteiger charge is -2.10. The first kappa shape index (κ1) is 16.2. The zero-order valence-corrected chi connectivity index (χ0v) is 13.7. The van der Waals surface area contributed by atoms with Gasteiger partial charge in [-0.2, -0.15) is 8.42 Å². The maximum atomic E-state index is 12.3. The van der Waals surface area contributed by atoms with Crippen LogP contribution in [0, 0.1) is 20.8 Å². The lowest BCUT2D eigenvalue weighted by Crippen LogP contribution is -2.10. The van der Waals surface area contributed by atoms with E-state index in [0.29, 0.717) is 16.7 Å². The van der Waals surface area contributed by atoms with Gasteiger partial charge in [0, 0.05) is 0 Å². The van der Waals surface area contributed by atoms with Gasteiger partial charge in [0.2, 0.25) is 0 Å². The minimum absolute atomic E-state index is 0.124. The van der Waals surface area contributed by atoms with Gasteiger partial charge in [0.05, 0.1) is 0 Å². The van der Waals surface area contributed by atoms with E-state index in [2.05, 4.69) is 5.16 Å². The van der Waals surface area contributed by atoms with Gasteiger partial charge in [-0.15, -0.1) is 0 Å². The Balaban J connectivity index is 2.34. The number of aryl methyl sites for hydroxylation is 3. The molecule has 0 heterocycles. The van der Waals surface area contributed by atoms with Crippen LogP contribution in [0.2, 0.25) is 0 Å². The monoisotopic (exact) mass is 319 g/mol. The largest absolute Gasteiger partial charge is 0.359 e. The topological polar surface area (TPSA) is 72.8 Å². The fourth-order valence-corrected chi connectivity index (χ4v) is 3.55. The van der Waals surface area contributed by atoms with E-state index in [0.717, 1.165) is 5.56 Å². The van der Waals surface area contributed by atoms with Crippen molar-refractivity contribution in [3.63, 3.8) is 0 Å². The summed E-state index contributed by atoms with van der Waals surface area (Å²) in [6, 6.07) is 3.55. The maximum Gasteiger partial charge on any atom is 0.359 e. The van der Waals surface area contributed by atoms with Crippen LogP contribution in [0.15, 0.2) is 46.0 Å². The van der Waals surface area contributed by atoms with Crippen molar-refractivity contribution in [1.82, 2.24) is 0 Å². The predicted molar refractivity (Wildman–Crippen MR) is 84.3 cm³/mol. The van der Waals surface area contributed by atoms with E-state index < -0.39 is 10.1 Å². The molecule has 1 aliphatic carbocycles. The van der Waals surface area contributed by atoms with E-state index in [9.17, 15) is 13.2 Å². The summed E-state index contributed by atoms with van der Waals surface area (Å²) in [5, 5.41) is 3.63. The van der Waals surface area contributed by atoms with Gasteiger partial charge >= 0.3 is 10.1 Å². The smallest absolute Gasteiger partial charge is 0.290 e. The number of allylic oxidation sites excluding steroid dienone is 4. The number of hydrogen-bond donors (Lipinski definition) is 0. The van der Waals surface area contributed by atoms with E-state index in [1.807, 2.05) is 6.92 Å². The van der Waals surface area contributed by atoms with E-state index in [1.165, 1.54) is 18.2 Å². The number of carbonyl (C=O) groups is 1.